The molecule has 9 nitrogen and oxygen atoms in total. The average molecular weight is 526 g/mol. The number of ether oxygens (including phenoxy) is 1. The molecule has 2 heterocycles. The molecule has 4 amide bonds. The minimum atomic E-state index is -0.729. The number of rotatable bonds is 7. The number of piperazine rings is 1. The van der Waals surface area contributed by atoms with E-state index >= 15 is 0 Å². The number of esters is 1. The normalized spacial score (nSPS) is 19.2. The van der Waals surface area contributed by atoms with Crippen LogP contribution in [0.1, 0.15) is 39.3 Å². The minimum absolute atomic E-state index is 0.0648. The molecule has 1 saturated heterocycles. The third kappa shape index (κ3) is 6.39. The van der Waals surface area contributed by atoms with Crippen molar-refractivity contribution in [2.45, 2.75) is 39.8 Å². The first-order chi connectivity index (χ1) is 16.7. The van der Waals surface area contributed by atoms with Crippen LogP contribution in [0.5, 0.6) is 0 Å². The van der Waals surface area contributed by atoms with E-state index in [0.29, 0.717) is 66.1 Å². The molecular formula is C24H33Cl2N5O4. The molecule has 1 aromatic carbocycles. The van der Waals surface area contributed by atoms with Gasteiger partial charge in [-0.2, -0.15) is 0 Å². The van der Waals surface area contributed by atoms with Crippen LogP contribution in [0.25, 0.3) is 0 Å². The van der Waals surface area contributed by atoms with Gasteiger partial charge in [0.15, 0.2) is 0 Å². The molecule has 192 valence electrons. The second-order valence-corrected chi connectivity index (χ2v) is 9.56. The predicted molar refractivity (Wildman–Crippen MR) is 135 cm³/mol. The van der Waals surface area contributed by atoms with Gasteiger partial charge in [0.1, 0.15) is 0 Å². The number of hydrogen-bond donors (Lipinski definition) is 2. The Hall–Kier alpha value is -2.49. The fraction of sp³-hybridized carbons (Fsp3) is 0.542. The monoisotopic (exact) mass is 525 g/mol. The van der Waals surface area contributed by atoms with Gasteiger partial charge in [0.25, 0.3) is 0 Å². The smallest absolute Gasteiger partial charge is 0.338 e. The lowest BCUT2D eigenvalue weighted by atomic mass is 9.94. The van der Waals surface area contributed by atoms with Gasteiger partial charge in [-0.05, 0) is 45.4 Å². The van der Waals surface area contributed by atoms with Crippen LogP contribution in [0.3, 0.4) is 0 Å². The van der Waals surface area contributed by atoms with Gasteiger partial charge in [-0.3, -0.25) is 9.80 Å². The van der Waals surface area contributed by atoms with Crippen molar-refractivity contribution in [3.05, 3.63) is 45.1 Å². The van der Waals surface area contributed by atoms with Gasteiger partial charge in [0.2, 0.25) is 0 Å². The standard InChI is InChI=1S/C24H33Cl2N5O4/c1-5-31-19(14-29-9-11-30(12-10-29)23(33)27-15(3)4)20(22(32)35-6-2)21(28-24(31)34)16-7-8-17(25)18(26)13-16/h7-8,13,15,21H,5-6,9-12,14H2,1-4H3,(H,27,33)(H,28,34). The van der Waals surface area contributed by atoms with E-state index in [1.807, 2.05) is 20.8 Å². The number of hydrogen-bond acceptors (Lipinski definition) is 5. The zero-order chi connectivity index (χ0) is 25.7. The van der Waals surface area contributed by atoms with Gasteiger partial charge in [0, 0.05) is 51.0 Å². The molecule has 0 saturated carbocycles. The van der Waals surface area contributed by atoms with E-state index in [9.17, 15) is 14.4 Å². The molecule has 1 aromatic rings. The summed E-state index contributed by atoms with van der Waals surface area (Å²) < 4.78 is 5.41. The lowest BCUT2D eigenvalue weighted by Gasteiger charge is -2.40. The number of amides is 4. The van der Waals surface area contributed by atoms with Crippen LogP contribution in [0.4, 0.5) is 9.59 Å². The van der Waals surface area contributed by atoms with Crippen LogP contribution in [0, 0.1) is 0 Å². The highest BCUT2D eigenvalue weighted by Gasteiger charge is 2.38. The highest BCUT2D eigenvalue weighted by Crippen LogP contribution is 2.34. The van der Waals surface area contributed by atoms with E-state index in [4.69, 9.17) is 27.9 Å². The van der Waals surface area contributed by atoms with Crippen LogP contribution in [0.2, 0.25) is 10.0 Å². The maximum Gasteiger partial charge on any atom is 0.338 e. The SMILES string of the molecule is CCOC(=O)C1=C(CN2CCN(C(=O)NC(C)C)CC2)N(CC)C(=O)NC1c1ccc(Cl)c(Cl)c1. The summed E-state index contributed by atoms with van der Waals surface area (Å²) in [7, 11) is 0. The number of urea groups is 2. The molecule has 1 unspecified atom stereocenters. The lowest BCUT2D eigenvalue weighted by Crippen LogP contribution is -2.55. The number of benzene rings is 1. The molecule has 0 aliphatic carbocycles. The number of nitrogens with one attached hydrogen (secondary N) is 2. The second kappa shape index (κ2) is 12.0. The molecule has 1 fully saturated rings. The van der Waals surface area contributed by atoms with E-state index in [-0.39, 0.29) is 24.7 Å². The summed E-state index contributed by atoms with van der Waals surface area (Å²) in [6, 6.07) is 3.98. The Bertz CT molecular complexity index is 992. The number of carbonyl (C=O) groups is 3. The van der Waals surface area contributed by atoms with Crippen LogP contribution < -0.4 is 10.6 Å². The molecule has 35 heavy (non-hydrogen) atoms. The van der Waals surface area contributed by atoms with Gasteiger partial charge in [-0.25, -0.2) is 14.4 Å². The third-order valence-electron chi connectivity index (χ3n) is 5.97. The Balaban J connectivity index is 1.93. The summed E-state index contributed by atoms with van der Waals surface area (Å²) >= 11 is 12.3. The zero-order valence-electron chi connectivity index (χ0n) is 20.6. The number of carbonyl (C=O) groups excluding carboxylic acids is 3. The number of halogens is 2. The number of nitrogens with zero attached hydrogens (tertiary/aromatic N) is 3. The summed E-state index contributed by atoms with van der Waals surface area (Å²) in [6.45, 7) is 10.7. The Labute approximate surface area is 216 Å². The molecule has 0 spiro atoms. The van der Waals surface area contributed by atoms with E-state index in [1.165, 1.54) is 0 Å². The summed E-state index contributed by atoms with van der Waals surface area (Å²) in [6.07, 6.45) is 0. The zero-order valence-corrected chi connectivity index (χ0v) is 22.1. The van der Waals surface area contributed by atoms with Gasteiger partial charge < -0.3 is 20.3 Å². The molecule has 0 bridgehead atoms. The lowest BCUT2D eigenvalue weighted by molar-refractivity contribution is -0.139. The highest BCUT2D eigenvalue weighted by atomic mass is 35.5. The highest BCUT2D eigenvalue weighted by molar-refractivity contribution is 6.42. The topological polar surface area (TPSA) is 94.2 Å². The largest absolute Gasteiger partial charge is 0.463 e. The van der Waals surface area contributed by atoms with E-state index in [0.717, 1.165) is 0 Å². The van der Waals surface area contributed by atoms with Crippen LogP contribution >= 0.6 is 23.2 Å². The van der Waals surface area contributed by atoms with Crippen molar-refractivity contribution in [2.24, 2.45) is 0 Å². The van der Waals surface area contributed by atoms with Crippen molar-refractivity contribution in [1.82, 2.24) is 25.3 Å². The van der Waals surface area contributed by atoms with Gasteiger partial charge in [-0.15, -0.1) is 0 Å². The van der Waals surface area contributed by atoms with Crippen LogP contribution in [0.15, 0.2) is 29.5 Å². The molecular weight excluding hydrogens is 493 g/mol. The van der Waals surface area contributed by atoms with Crippen molar-refractivity contribution in [3.63, 3.8) is 0 Å². The van der Waals surface area contributed by atoms with Crippen molar-refractivity contribution in [3.8, 4) is 0 Å². The molecule has 2 N–H and O–H groups in total. The average Bonchev–Trinajstić information content (AvgIpc) is 2.80. The van der Waals surface area contributed by atoms with Gasteiger partial charge in [0.05, 0.1) is 28.3 Å². The van der Waals surface area contributed by atoms with Crippen LogP contribution in [-0.4, -0.2) is 84.6 Å². The molecule has 0 aromatic heterocycles. The second-order valence-electron chi connectivity index (χ2n) is 8.75. The first-order valence-electron chi connectivity index (χ1n) is 11.9. The Kier molecular flexibility index (Phi) is 9.27. The van der Waals surface area contributed by atoms with Crippen LogP contribution in [-0.2, 0) is 9.53 Å². The summed E-state index contributed by atoms with van der Waals surface area (Å²) in [5.41, 5.74) is 1.59. The van der Waals surface area contributed by atoms with E-state index in [2.05, 4.69) is 15.5 Å². The van der Waals surface area contributed by atoms with Crippen molar-refractivity contribution in [1.29, 1.82) is 0 Å². The molecule has 11 heteroatoms. The fourth-order valence-electron chi connectivity index (χ4n) is 4.26. The van der Waals surface area contributed by atoms with Gasteiger partial charge in [-0.1, -0.05) is 29.3 Å². The first kappa shape index (κ1) is 27.1. The summed E-state index contributed by atoms with van der Waals surface area (Å²) in [5.74, 6) is -0.494. The van der Waals surface area contributed by atoms with Crippen molar-refractivity contribution in [2.75, 3.05) is 45.9 Å². The molecule has 3 rings (SSSR count). The van der Waals surface area contributed by atoms with E-state index in [1.54, 1.807) is 34.9 Å². The third-order valence-corrected chi connectivity index (χ3v) is 6.71. The Morgan fingerprint density at radius 1 is 1.14 bits per heavy atom. The summed E-state index contributed by atoms with van der Waals surface area (Å²) in [4.78, 5) is 44.1. The van der Waals surface area contributed by atoms with E-state index < -0.39 is 12.0 Å². The maximum absolute atomic E-state index is 13.2. The molecule has 2 aliphatic heterocycles. The minimum Gasteiger partial charge on any atom is -0.463 e. The molecule has 0 radical (unpaired) electrons. The van der Waals surface area contributed by atoms with Gasteiger partial charge >= 0.3 is 18.0 Å². The molecule has 1 atom stereocenters. The Morgan fingerprint density at radius 3 is 2.40 bits per heavy atom. The van der Waals surface area contributed by atoms with Crippen molar-refractivity contribution < 1.29 is 19.1 Å². The quantitative estimate of drug-likeness (QED) is 0.530. The number of likely N-dealkylation sites (N-methyl/N-ethyl adjacent to an activating group) is 1. The van der Waals surface area contributed by atoms with Crippen molar-refractivity contribution >= 4 is 41.2 Å². The maximum atomic E-state index is 13.2. The first-order valence-corrected chi connectivity index (χ1v) is 12.6. The fourth-order valence-corrected chi connectivity index (χ4v) is 4.57. The summed E-state index contributed by atoms with van der Waals surface area (Å²) in [5, 5.41) is 6.55. The predicted octanol–water partition coefficient (Wildman–Crippen LogP) is 3.63. The Morgan fingerprint density at radius 2 is 1.83 bits per heavy atom. The molecule has 2 aliphatic rings.